The van der Waals surface area contributed by atoms with Crippen molar-refractivity contribution in [2.75, 3.05) is 0 Å². The maximum atomic E-state index is 13.5. The second-order valence-electron chi connectivity index (χ2n) is 12.7. The van der Waals surface area contributed by atoms with Gasteiger partial charge in [0.1, 0.15) is 11.4 Å². The van der Waals surface area contributed by atoms with E-state index < -0.39 is 8.07 Å². The van der Waals surface area contributed by atoms with Crippen LogP contribution in [0.1, 0.15) is 25.0 Å². The van der Waals surface area contributed by atoms with Crippen molar-refractivity contribution in [3.8, 4) is 22.5 Å². The zero-order valence-corrected chi connectivity index (χ0v) is 30.0. The zero-order chi connectivity index (χ0) is 31.6. The molecule has 1 radical (unpaired) electrons. The molecule has 7 rings (SSSR count). The summed E-state index contributed by atoms with van der Waals surface area (Å²) in [5.41, 5.74) is 7.42. The number of rotatable bonds is 5. The van der Waals surface area contributed by atoms with Crippen LogP contribution in [0.25, 0.3) is 44.5 Å². The molecule has 0 saturated carbocycles. The Balaban J connectivity index is 0.000000179. The average molecular weight is 799 g/mol. The summed E-state index contributed by atoms with van der Waals surface area (Å²) >= 11 is 0. The van der Waals surface area contributed by atoms with E-state index in [1.807, 2.05) is 54.9 Å². The molecule has 3 heterocycles. The third-order valence-corrected chi connectivity index (χ3v) is 10.3. The third kappa shape index (κ3) is 6.95. The van der Waals surface area contributed by atoms with E-state index in [1.165, 1.54) is 28.4 Å². The van der Waals surface area contributed by atoms with Crippen molar-refractivity contribution in [3.05, 3.63) is 151 Å². The summed E-state index contributed by atoms with van der Waals surface area (Å²) in [5, 5.41) is 3.17. The van der Waals surface area contributed by atoms with Crippen LogP contribution in [0.2, 0.25) is 19.6 Å². The van der Waals surface area contributed by atoms with Gasteiger partial charge in [0.2, 0.25) is 0 Å². The van der Waals surface area contributed by atoms with Crippen molar-refractivity contribution < 1.29 is 28.9 Å². The molecule has 6 heteroatoms. The van der Waals surface area contributed by atoms with Gasteiger partial charge in [0.05, 0.1) is 13.7 Å². The van der Waals surface area contributed by atoms with Crippen molar-refractivity contribution in [2.24, 2.45) is 0 Å². The van der Waals surface area contributed by atoms with Crippen LogP contribution in [0.4, 0.5) is 4.39 Å². The predicted octanol–water partition coefficient (Wildman–Crippen LogP) is 10.0. The van der Waals surface area contributed by atoms with Gasteiger partial charge in [-0.05, 0) is 45.8 Å². The Morgan fingerprint density at radius 1 is 0.717 bits per heavy atom. The number of hydrogen-bond donors (Lipinski definition) is 0. The third-order valence-electron chi connectivity index (χ3n) is 8.24. The molecule has 4 aromatic carbocycles. The smallest absolute Gasteiger partial charge is 0.126 e. The Morgan fingerprint density at radius 2 is 1.48 bits per heavy atom. The van der Waals surface area contributed by atoms with Gasteiger partial charge in [0.15, 0.2) is 0 Å². The fraction of sp³-hybridized carbons (Fsp3) is 0.150. The second-order valence-corrected chi connectivity index (χ2v) is 17.8. The number of fused-ring (bicyclic) bond motifs is 3. The van der Waals surface area contributed by atoms with Gasteiger partial charge in [0, 0.05) is 44.0 Å². The van der Waals surface area contributed by atoms with Crippen LogP contribution >= 0.6 is 0 Å². The van der Waals surface area contributed by atoms with Crippen molar-refractivity contribution in [1.29, 1.82) is 0 Å². The summed E-state index contributed by atoms with van der Waals surface area (Å²) in [7, 11) is -1.38. The number of nitrogens with zero attached hydrogens (tertiary/aromatic N) is 2. The minimum absolute atomic E-state index is 0. The summed E-state index contributed by atoms with van der Waals surface area (Å²) < 4.78 is 19.4. The number of hydrogen-bond acceptors (Lipinski definition) is 3. The molecule has 46 heavy (non-hydrogen) atoms. The minimum Gasteiger partial charge on any atom is -0.500 e. The van der Waals surface area contributed by atoms with Crippen molar-refractivity contribution in [1.82, 2.24) is 9.97 Å². The Labute approximate surface area is 284 Å². The molecule has 0 amide bonds. The number of halogens is 1. The van der Waals surface area contributed by atoms with Gasteiger partial charge in [-0.15, -0.1) is 53.6 Å². The van der Waals surface area contributed by atoms with Crippen molar-refractivity contribution >= 4 is 35.2 Å². The van der Waals surface area contributed by atoms with Crippen molar-refractivity contribution in [3.63, 3.8) is 0 Å². The average Bonchev–Trinajstić information content (AvgIpc) is 3.43. The summed E-state index contributed by atoms with van der Waals surface area (Å²) in [6.07, 6.45) is 3.77. The van der Waals surface area contributed by atoms with Crippen molar-refractivity contribution in [2.45, 2.75) is 38.9 Å². The van der Waals surface area contributed by atoms with E-state index >= 15 is 0 Å². The van der Waals surface area contributed by atoms with E-state index in [0.717, 1.165) is 33.3 Å². The van der Waals surface area contributed by atoms with E-state index in [4.69, 9.17) is 4.42 Å². The van der Waals surface area contributed by atoms with E-state index in [2.05, 4.69) is 104 Å². The van der Waals surface area contributed by atoms with Crippen LogP contribution in [0, 0.1) is 17.9 Å². The van der Waals surface area contributed by atoms with Crippen LogP contribution in [0.5, 0.6) is 0 Å². The Morgan fingerprint density at radius 3 is 2.17 bits per heavy atom. The van der Waals surface area contributed by atoms with E-state index in [9.17, 15) is 4.39 Å². The fourth-order valence-electron chi connectivity index (χ4n) is 5.44. The van der Waals surface area contributed by atoms with Gasteiger partial charge in [-0.1, -0.05) is 99.0 Å². The number of furan rings is 1. The Kier molecular flexibility index (Phi) is 9.83. The molecule has 233 valence electrons. The van der Waals surface area contributed by atoms with Crippen LogP contribution in [-0.2, 0) is 25.5 Å². The van der Waals surface area contributed by atoms with E-state index in [0.29, 0.717) is 11.2 Å². The SMILES string of the molecule is CC(C)(c1ccccc1)c1cc[c-]c(-c2ccccn2)c1.C[Si](C)(C)c1ccc(-c2[c-]ccc3c2oc2cc(F)ccc23)nc1.[Ir]. The van der Waals surface area contributed by atoms with Gasteiger partial charge in [0.25, 0.3) is 0 Å². The quantitative estimate of drug-likeness (QED) is 0.129. The zero-order valence-electron chi connectivity index (χ0n) is 26.6. The molecule has 0 spiro atoms. The molecule has 0 unspecified atom stereocenters. The Hall–Kier alpha value is -4.22. The first-order chi connectivity index (χ1) is 21.6. The second kappa shape index (κ2) is 13.6. The minimum atomic E-state index is -1.38. The predicted molar refractivity (Wildman–Crippen MR) is 186 cm³/mol. The van der Waals surface area contributed by atoms with Gasteiger partial charge in [-0.2, -0.15) is 0 Å². The van der Waals surface area contributed by atoms with Crippen LogP contribution in [0.3, 0.4) is 0 Å². The monoisotopic (exact) mass is 799 g/mol. The first kappa shape index (κ1) is 33.1. The molecule has 3 aromatic heterocycles. The van der Waals surface area contributed by atoms with Gasteiger partial charge < -0.3 is 14.4 Å². The standard InChI is InChI=1S/C20H17FNOSi.C20H18N.Ir/c1-24(2,3)14-8-10-18(22-12-14)17-6-4-5-16-15-9-7-13(21)11-19(15)23-20(16)17;1-20(2,17-10-4-3-5-11-17)18-12-8-9-16(15-18)19-13-6-7-14-21-19;/h4-5,7-12H,1-3H3;3-8,10-15H,1-2H3;/q2*-1;. The van der Waals surface area contributed by atoms with Crippen LogP contribution < -0.4 is 5.19 Å². The van der Waals surface area contributed by atoms with Gasteiger partial charge >= 0.3 is 0 Å². The number of aromatic nitrogens is 2. The summed E-state index contributed by atoms with van der Waals surface area (Å²) in [6.45, 7) is 11.4. The number of benzene rings is 4. The molecule has 0 aliphatic rings. The molecule has 0 N–H and O–H groups in total. The molecule has 0 atom stereocenters. The summed E-state index contributed by atoms with van der Waals surface area (Å²) in [4.78, 5) is 9.04. The Bertz CT molecular complexity index is 2070. The van der Waals surface area contributed by atoms with Gasteiger partial charge in [-0.25, -0.2) is 4.39 Å². The normalized spacial score (nSPS) is 11.5. The van der Waals surface area contributed by atoms with Crippen LogP contribution in [0.15, 0.2) is 126 Å². The van der Waals surface area contributed by atoms with Gasteiger partial charge in [-0.3, -0.25) is 0 Å². The first-order valence-electron chi connectivity index (χ1n) is 15.1. The molecule has 0 aliphatic heterocycles. The fourth-order valence-corrected chi connectivity index (χ4v) is 6.47. The molecule has 7 aromatic rings. The topological polar surface area (TPSA) is 38.9 Å². The molecule has 0 bridgehead atoms. The molecule has 0 aliphatic carbocycles. The molecular weight excluding hydrogens is 764 g/mol. The maximum Gasteiger partial charge on any atom is 0.126 e. The molecule has 0 saturated heterocycles. The van der Waals surface area contributed by atoms with E-state index in [-0.39, 0.29) is 31.3 Å². The first-order valence-corrected chi connectivity index (χ1v) is 18.6. The molecule has 0 fully saturated rings. The number of pyridine rings is 2. The molecule has 3 nitrogen and oxygen atoms in total. The van der Waals surface area contributed by atoms with Crippen LogP contribution in [-0.4, -0.2) is 18.0 Å². The molecular formula is C40H35FIrN2OSi-2. The summed E-state index contributed by atoms with van der Waals surface area (Å²) in [5.74, 6) is -0.301. The summed E-state index contributed by atoms with van der Waals surface area (Å²) in [6, 6.07) is 42.0. The largest absolute Gasteiger partial charge is 0.500 e. The maximum absolute atomic E-state index is 13.5. The van der Waals surface area contributed by atoms with E-state index in [1.54, 1.807) is 6.07 Å².